The van der Waals surface area contributed by atoms with Crippen molar-refractivity contribution in [3.05, 3.63) is 32.9 Å². The van der Waals surface area contributed by atoms with Gasteiger partial charge in [0.15, 0.2) is 0 Å². The van der Waals surface area contributed by atoms with E-state index in [1.54, 1.807) is 6.08 Å². The highest BCUT2D eigenvalue weighted by Gasteiger charge is 2.30. The number of hydrogen-bond donors (Lipinski definition) is 1. The molecule has 1 aromatic rings. The van der Waals surface area contributed by atoms with Gasteiger partial charge in [-0.3, -0.25) is 9.63 Å². The van der Waals surface area contributed by atoms with Gasteiger partial charge in [0.05, 0.1) is 23.7 Å². The number of carbonyl (C=O) groups excluding carboxylic acids is 1. The predicted molar refractivity (Wildman–Crippen MR) is 88.4 cm³/mol. The van der Waals surface area contributed by atoms with Gasteiger partial charge in [0, 0.05) is 25.3 Å². The summed E-state index contributed by atoms with van der Waals surface area (Å²) >= 11 is 1.26. The molecule has 1 aliphatic rings. The van der Waals surface area contributed by atoms with E-state index < -0.39 is 0 Å². The number of rotatable bonds is 9. The molecule has 2 heterocycles. The molecule has 1 unspecified atom stereocenters. The molecule has 1 aliphatic heterocycles. The van der Waals surface area contributed by atoms with Gasteiger partial charge in [-0.15, -0.1) is 6.58 Å². The van der Waals surface area contributed by atoms with Crippen LogP contribution >= 0.6 is 11.3 Å². The first kappa shape index (κ1) is 17.1. The van der Waals surface area contributed by atoms with Crippen molar-refractivity contribution in [1.82, 2.24) is 14.9 Å². The minimum absolute atomic E-state index is 0.0573. The Kier molecular flexibility index (Phi) is 6.57. The third-order valence-corrected chi connectivity index (χ3v) is 4.68. The first-order valence-corrected chi connectivity index (χ1v) is 8.26. The molecule has 0 saturated heterocycles. The van der Waals surface area contributed by atoms with E-state index in [9.17, 15) is 9.59 Å². The van der Waals surface area contributed by atoms with Crippen LogP contribution in [0.1, 0.15) is 36.4 Å². The van der Waals surface area contributed by atoms with E-state index in [4.69, 9.17) is 4.84 Å². The summed E-state index contributed by atoms with van der Waals surface area (Å²) in [6.07, 6.45) is 4.42. The van der Waals surface area contributed by atoms with Gasteiger partial charge in [-0.25, -0.2) is 0 Å². The number of nitrogens with one attached hydrogen (secondary N) is 1. The third kappa shape index (κ3) is 3.95. The molecule has 0 aromatic carbocycles. The molecule has 1 radical (unpaired) electrons. The molecule has 119 valence electrons. The molecule has 0 bridgehead atoms. The molecular formula is C14H21BN3O3S. The summed E-state index contributed by atoms with van der Waals surface area (Å²) in [5.41, 5.74) is 3.95. The fourth-order valence-electron chi connectivity index (χ4n) is 2.50. The number of unbranched alkanes of at least 4 members (excludes halogenated alkanes) is 1. The molecule has 22 heavy (non-hydrogen) atoms. The zero-order chi connectivity index (χ0) is 15.9. The summed E-state index contributed by atoms with van der Waals surface area (Å²) in [6, 6.07) is -0.125. The number of hydroxylamine groups is 1. The van der Waals surface area contributed by atoms with E-state index in [0.717, 1.165) is 36.1 Å². The number of aromatic nitrogens is 1. The van der Waals surface area contributed by atoms with Gasteiger partial charge in [0.2, 0.25) is 0 Å². The SMILES string of the molecule is C=CCONC1CN([B]C=O)Cc2c1sc(=O)n2CCCC. The average Bonchev–Trinajstić information content (AvgIpc) is 2.82. The fraction of sp³-hybridized carbons (Fsp3) is 0.571. The monoisotopic (exact) mass is 322 g/mol. The van der Waals surface area contributed by atoms with E-state index in [2.05, 4.69) is 19.0 Å². The maximum atomic E-state index is 12.3. The van der Waals surface area contributed by atoms with Crippen LogP contribution in [0.25, 0.3) is 0 Å². The Balaban J connectivity index is 2.25. The smallest absolute Gasteiger partial charge is 0.307 e. The molecule has 1 aromatic heterocycles. The summed E-state index contributed by atoms with van der Waals surface area (Å²) in [6.45, 7) is 7.98. The summed E-state index contributed by atoms with van der Waals surface area (Å²) in [5.74, 6) is 0. The van der Waals surface area contributed by atoms with Crippen molar-refractivity contribution in [3.8, 4) is 0 Å². The van der Waals surface area contributed by atoms with Crippen LogP contribution in [0.15, 0.2) is 17.4 Å². The first-order valence-electron chi connectivity index (χ1n) is 7.44. The van der Waals surface area contributed by atoms with E-state index in [1.165, 1.54) is 18.8 Å². The lowest BCUT2D eigenvalue weighted by molar-refractivity contribution is 0.0266. The van der Waals surface area contributed by atoms with Crippen molar-refractivity contribution in [2.24, 2.45) is 0 Å². The van der Waals surface area contributed by atoms with E-state index >= 15 is 0 Å². The van der Waals surface area contributed by atoms with Crippen molar-refractivity contribution < 1.29 is 9.63 Å². The zero-order valence-corrected chi connectivity index (χ0v) is 13.6. The number of thiazole rings is 1. The maximum Gasteiger partial charge on any atom is 0.307 e. The highest BCUT2D eigenvalue weighted by Crippen LogP contribution is 2.28. The van der Waals surface area contributed by atoms with Gasteiger partial charge in [-0.1, -0.05) is 30.8 Å². The Hall–Kier alpha value is -1.22. The number of nitrogens with zero attached hydrogens (tertiary/aromatic N) is 2. The van der Waals surface area contributed by atoms with E-state index in [1.807, 2.05) is 9.38 Å². The lowest BCUT2D eigenvalue weighted by Crippen LogP contribution is -2.42. The molecule has 1 N–H and O–H groups in total. The van der Waals surface area contributed by atoms with E-state index in [0.29, 0.717) is 19.7 Å². The normalized spacial score (nSPS) is 18.0. The Morgan fingerprint density at radius 3 is 3.09 bits per heavy atom. The number of carbonyl (C=O) groups is 1. The molecule has 0 fully saturated rings. The summed E-state index contributed by atoms with van der Waals surface area (Å²) in [4.78, 5) is 31.3. The molecule has 0 aliphatic carbocycles. The van der Waals surface area contributed by atoms with Crippen LogP contribution in [0.5, 0.6) is 0 Å². The van der Waals surface area contributed by atoms with Crippen LogP contribution in [0.3, 0.4) is 0 Å². The van der Waals surface area contributed by atoms with Crippen LogP contribution in [-0.4, -0.2) is 36.1 Å². The van der Waals surface area contributed by atoms with Crippen molar-refractivity contribution in [3.63, 3.8) is 0 Å². The minimum Gasteiger partial charge on any atom is -0.333 e. The van der Waals surface area contributed by atoms with Crippen molar-refractivity contribution >= 4 is 24.9 Å². The zero-order valence-electron chi connectivity index (χ0n) is 12.8. The third-order valence-electron chi connectivity index (χ3n) is 3.55. The summed E-state index contributed by atoms with van der Waals surface area (Å²) in [5, 5.41) is 0. The van der Waals surface area contributed by atoms with Gasteiger partial charge in [0.25, 0.3) is 7.41 Å². The van der Waals surface area contributed by atoms with Crippen molar-refractivity contribution in [1.29, 1.82) is 0 Å². The Morgan fingerprint density at radius 2 is 2.41 bits per heavy atom. The second kappa shape index (κ2) is 8.43. The number of hydrogen-bond acceptors (Lipinski definition) is 6. The van der Waals surface area contributed by atoms with Gasteiger partial charge in [-0.05, 0) is 6.42 Å². The molecule has 0 saturated carbocycles. The Morgan fingerprint density at radius 1 is 1.59 bits per heavy atom. The quantitative estimate of drug-likeness (QED) is 0.242. The van der Waals surface area contributed by atoms with Gasteiger partial charge in [0.1, 0.15) is 0 Å². The van der Waals surface area contributed by atoms with Crippen LogP contribution in [0.2, 0.25) is 0 Å². The maximum absolute atomic E-state index is 12.3. The molecule has 1 atom stereocenters. The van der Waals surface area contributed by atoms with Crippen molar-refractivity contribution in [2.75, 3.05) is 13.2 Å². The highest BCUT2D eigenvalue weighted by atomic mass is 32.1. The molecule has 0 spiro atoms. The van der Waals surface area contributed by atoms with Crippen LogP contribution in [-0.2, 0) is 22.7 Å². The van der Waals surface area contributed by atoms with Gasteiger partial charge in [-0.2, -0.15) is 5.48 Å². The molecular weight excluding hydrogens is 301 g/mol. The minimum atomic E-state index is -0.125. The molecule has 0 amide bonds. The number of fused-ring (bicyclic) bond motifs is 1. The standard InChI is InChI=1S/C14H21BN3O3S/c1-3-5-6-18-12-9-17(15-10-19)8-11(16-21-7-4-2)13(12)22-14(18)20/h4,10-11,16H,2-3,5-9H2,1H3. The van der Waals surface area contributed by atoms with Crippen LogP contribution < -0.4 is 10.4 Å². The summed E-state index contributed by atoms with van der Waals surface area (Å²) < 4.78 is 1.83. The lowest BCUT2D eigenvalue weighted by atomic mass is 9.90. The largest absolute Gasteiger partial charge is 0.333 e. The molecule has 8 heteroatoms. The van der Waals surface area contributed by atoms with E-state index in [-0.39, 0.29) is 10.9 Å². The highest BCUT2D eigenvalue weighted by molar-refractivity contribution is 7.09. The Labute approximate surface area is 135 Å². The van der Waals surface area contributed by atoms with Gasteiger partial charge < -0.3 is 14.2 Å². The predicted octanol–water partition coefficient (Wildman–Crippen LogP) is 1.08. The lowest BCUT2D eigenvalue weighted by Gasteiger charge is -2.32. The van der Waals surface area contributed by atoms with Crippen LogP contribution in [0.4, 0.5) is 0 Å². The first-order chi connectivity index (χ1) is 10.7. The fourth-order valence-corrected chi connectivity index (χ4v) is 3.56. The Bertz CT molecular complexity index is 572. The molecule has 2 rings (SSSR count). The second-order valence-corrected chi connectivity index (χ2v) is 6.16. The second-order valence-electron chi connectivity index (χ2n) is 5.17. The van der Waals surface area contributed by atoms with Crippen LogP contribution in [0, 0.1) is 0 Å². The summed E-state index contributed by atoms with van der Waals surface area (Å²) in [7, 11) is 1.51. The average molecular weight is 322 g/mol. The van der Waals surface area contributed by atoms with Crippen molar-refractivity contribution in [2.45, 2.75) is 38.9 Å². The topological polar surface area (TPSA) is 63.6 Å². The van der Waals surface area contributed by atoms with Gasteiger partial charge >= 0.3 is 4.87 Å². The molecule has 6 nitrogen and oxygen atoms in total.